The number of benzene rings is 2. The van der Waals surface area contributed by atoms with E-state index in [1.807, 2.05) is 30.3 Å². The van der Waals surface area contributed by atoms with E-state index in [9.17, 15) is 19.5 Å². The Hall–Kier alpha value is -4.02. The van der Waals surface area contributed by atoms with Gasteiger partial charge in [0.05, 0.1) is 6.54 Å². The molecule has 0 atom stereocenters. The summed E-state index contributed by atoms with van der Waals surface area (Å²) in [5, 5.41) is 11.7. The van der Waals surface area contributed by atoms with Crippen molar-refractivity contribution in [2.24, 2.45) is 7.05 Å². The quantitative estimate of drug-likeness (QED) is 0.374. The summed E-state index contributed by atoms with van der Waals surface area (Å²) in [6, 6.07) is 15.5. The second-order valence-electron chi connectivity index (χ2n) is 6.48. The van der Waals surface area contributed by atoms with Crippen LogP contribution in [0.15, 0.2) is 70.3 Å². The number of nitrogens with zero attached hydrogens (tertiary/aromatic N) is 2. The van der Waals surface area contributed by atoms with Crippen LogP contribution in [0.3, 0.4) is 0 Å². The maximum atomic E-state index is 12.5. The van der Waals surface area contributed by atoms with Crippen molar-refractivity contribution in [3.05, 3.63) is 97.8 Å². The van der Waals surface area contributed by atoms with E-state index in [0.29, 0.717) is 5.56 Å². The van der Waals surface area contributed by atoms with Gasteiger partial charge < -0.3 is 10.4 Å². The lowest BCUT2D eigenvalue weighted by atomic mass is 10.2. The Labute approximate surface area is 182 Å². The number of carbonyl (C=O) groups excluding carboxylic acids is 1. The van der Waals surface area contributed by atoms with Crippen LogP contribution in [-0.4, -0.2) is 20.1 Å². The maximum absolute atomic E-state index is 12.5. The van der Waals surface area contributed by atoms with Crippen LogP contribution in [-0.2, 0) is 18.4 Å². The molecule has 0 aliphatic rings. The van der Waals surface area contributed by atoms with E-state index in [2.05, 4.69) is 17.2 Å². The zero-order chi connectivity index (χ0) is 22.4. The summed E-state index contributed by atoms with van der Waals surface area (Å²) in [5.74, 6) is 5.08. The molecule has 8 heteroatoms. The lowest BCUT2D eigenvalue weighted by molar-refractivity contribution is -0.111. The number of hydrogen-bond donors (Lipinski definition) is 2. The zero-order valence-corrected chi connectivity index (χ0v) is 17.3. The average molecular weight is 436 g/mol. The van der Waals surface area contributed by atoms with Crippen molar-refractivity contribution in [3.8, 4) is 17.6 Å². The molecule has 2 aromatic carbocycles. The highest BCUT2D eigenvalue weighted by Crippen LogP contribution is 2.16. The molecule has 2 N–H and O–H groups in total. The highest BCUT2D eigenvalue weighted by atomic mass is 35.5. The molecule has 0 bridgehead atoms. The molecular formula is C23H18ClN3O4. The number of amides is 1. The Balaban J connectivity index is 1.87. The summed E-state index contributed by atoms with van der Waals surface area (Å²) in [6.45, 7) is -0.121. The van der Waals surface area contributed by atoms with Crippen LogP contribution in [0, 0.1) is 11.8 Å². The number of halogens is 1. The molecule has 7 nitrogen and oxygen atoms in total. The third kappa shape index (κ3) is 5.32. The van der Waals surface area contributed by atoms with Crippen molar-refractivity contribution >= 4 is 29.3 Å². The number of phenolic OH excluding ortho intramolecular Hbond substituents is 1. The van der Waals surface area contributed by atoms with Gasteiger partial charge in [-0.25, -0.2) is 4.79 Å². The Morgan fingerprint density at radius 3 is 2.61 bits per heavy atom. The first kappa shape index (κ1) is 21.7. The third-order valence-electron chi connectivity index (χ3n) is 4.27. The molecule has 0 radical (unpaired) electrons. The largest absolute Gasteiger partial charge is 0.508 e. The van der Waals surface area contributed by atoms with Crippen LogP contribution < -0.4 is 16.6 Å². The van der Waals surface area contributed by atoms with Gasteiger partial charge in [0.1, 0.15) is 16.6 Å². The predicted molar refractivity (Wildman–Crippen MR) is 120 cm³/mol. The Morgan fingerprint density at radius 1 is 1.16 bits per heavy atom. The normalized spacial score (nSPS) is 10.5. The van der Waals surface area contributed by atoms with Crippen molar-refractivity contribution < 1.29 is 9.90 Å². The van der Waals surface area contributed by atoms with Gasteiger partial charge in [-0.2, -0.15) is 0 Å². The lowest BCUT2D eigenvalue weighted by Gasteiger charge is -2.12. The van der Waals surface area contributed by atoms with Gasteiger partial charge in [0.2, 0.25) is 5.91 Å². The van der Waals surface area contributed by atoms with Gasteiger partial charge in [-0.05, 0) is 29.8 Å². The second kappa shape index (κ2) is 9.65. The second-order valence-corrected chi connectivity index (χ2v) is 6.84. The van der Waals surface area contributed by atoms with Crippen LogP contribution in [0.25, 0.3) is 6.08 Å². The smallest absolute Gasteiger partial charge is 0.332 e. The molecule has 0 saturated heterocycles. The molecule has 31 heavy (non-hydrogen) atoms. The number of hydrogen-bond acceptors (Lipinski definition) is 4. The summed E-state index contributed by atoms with van der Waals surface area (Å²) in [6.07, 6.45) is 2.85. The molecule has 1 aromatic heterocycles. The van der Waals surface area contributed by atoms with E-state index in [4.69, 9.17) is 11.6 Å². The van der Waals surface area contributed by atoms with E-state index in [1.54, 1.807) is 18.2 Å². The monoisotopic (exact) mass is 435 g/mol. The van der Waals surface area contributed by atoms with Gasteiger partial charge in [-0.1, -0.05) is 59.8 Å². The van der Waals surface area contributed by atoms with E-state index >= 15 is 0 Å². The van der Waals surface area contributed by atoms with E-state index in [1.165, 1.54) is 25.3 Å². The van der Waals surface area contributed by atoms with Crippen molar-refractivity contribution in [3.63, 3.8) is 0 Å². The van der Waals surface area contributed by atoms with Gasteiger partial charge in [0.15, 0.2) is 0 Å². The predicted octanol–water partition coefficient (Wildman–Crippen LogP) is 2.61. The van der Waals surface area contributed by atoms with Crippen LogP contribution in [0.1, 0.15) is 11.1 Å². The van der Waals surface area contributed by atoms with Gasteiger partial charge in [0, 0.05) is 18.7 Å². The molecule has 0 aliphatic carbocycles. The van der Waals surface area contributed by atoms with E-state index < -0.39 is 17.2 Å². The highest BCUT2D eigenvalue weighted by molar-refractivity contribution is 6.32. The molecular weight excluding hydrogens is 418 g/mol. The van der Waals surface area contributed by atoms with Crippen LogP contribution in [0.4, 0.5) is 5.69 Å². The van der Waals surface area contributed by atoms with Crippen molar-refractivity contribution in [2.45, 2.75) is 6.54 Å². The van der Waals surface area contributed by atoms with Gasteiger partial charge in [-0.3, -0.25) is 18.7 Å². The number of aromatic nitrogens is 2. The van der Waals surface area contributed by atoms with Crippen LogP contribution in [0.5, 0.6) is 5.75 Å². The Kier molecular flexibility index (Phi) is 6.75. The molecule has 0 spiro atoms. The fraction of sp³-hybridized carbons (Fsp3) is 0.0870. The molecule has 0 aliphatic heterocycles. The average Bonchev–Trinajstić information content (AvgIpc) is 2.77. The third-order valence-corrected chi connectivity index (χ3v) is 4.66. The summed E-state index contributed by atoms with van der Waals surface area (Å²) >= 11 is 6.26. The molecule has 3 aromatic rings. The minimum Gasteiger partial charge on any atom is -0.508 e. The first-order valence-electron chi connectivity index (χ1n) is 9.18. The molecule has 0 unspecified atom stereocenters. The topological polar surface area (TPSA) is 93.3 Å². The number of rotatable bonds is 4. The Morgan fingerprint density at radius 2 is 1.90 bits per heavy atom. The van der Waals surface area contributed by atoms with Crippen LogP contribution in [0.2, 0.25) is 5.15 Å². The number of nitrogens with one attached hydrogen (secondary N) is 1. The van der Waals surface area contributed by atoms with Crippen molar-refractivity contribution in [1.82, 2.24) is 9.13 Å². The summed E-state index contributed by atoms with van der Waals surface area (Å²) < 4.78 is 1.92. The summed E-state index contributed by atoms with van der Waals surface area (Å²) in [5.41, 5.74) is -0.255. The zero-order valence-electron chi connectivity index (χ0n) is 16.5. The number of anilines is 1. The number of carbonyl (C=O) groups is 1. The molecule has 156 valence electrons. The minimum absolute atomic E-state index is 0.0673. The number of aromatic hydroxyl groups is 1. The van der Waals surface area contributed by atoms with E-state index in [0.717, 1.165) is 14.7 Å². The summed E-state index contributed by atoms with van der Waals surface area (Å²) in [4.78, 5) is 37.2. The fourth-order valence-electron chi connectivity index (χ4n) is 2.69. The molecule has 0 fully saturated rings. The minimum atomic E-state index is -0.728. The first-order chi connectivity index (χ1) is 14.9. The van der Waals surface area contributed by atoms with Gasteiger partial charge >= 0.3 is 5.69 Å². The SMILES string of the molecule is Cn1c(=O)c(NC(=O)C=Cc2ccccc2)c(Cl)n(CC#Cc2cccc(O)c2)c1=O. The first-order valence-corrected chi connectivity index (χ1v) is 9.56. The lowest BCUT2D eigenvalue weighted by Crippen LogP contribution is -2.40. The van der Waals surface area contributed by atoms with E-state index in [-0.39, 0.29) is 23.1 Å². The van der Waals surface area contributed by atoms with Gasteiger partial charge in [0.25, 0.3) is 5.56 Å². The Bertz CT molecular complexity index is 1330. The standard InChI is InChI=1S/C23H18ClN3O4/c1-26-22(30)20(25-19(29)13-12-16-7-3-2-4-8-16)21(24)27(23(26)31)14-6-10-17-9-5-11-18(28)15-17/h2-5,7-9,11-13,15,28H,14H2,1H3,(H,25,29). The molecule has 1 amide bonds. The number of phenols is 1. The molecule has 1 heterocycles. The molecule has 0 saturated carbocycles. The van der Waals surface area contributed by atoms with Crippen molar-refractivity contribution in [1.29, 1.82) is 0 Å². The van der Waals surface area contributed by atoms with Crippen molar-refractivity contribution in [2.75, 3.05) is 5.32 Å². The maximum Gasteiger partial charge on any atom is 0.332 e. The van der Waals surface area contributed by atoms with Crippen LogP contribution >= 0.6 is 11.6 Å². The van der Waals surface area contributed by atoms with Gasteiger partial charge in [-0.15, -0.1) is 0 Å². The highest BCUT2D eigenvalue weighted by Gasteiger charge is 2.17. The summed E-state index contributed by atoms with van der Waals surface area (Å²) in [7, 11) is 1.29. The molecule has 3 rings (SSSR count). The fourth-order valence-corrected chi connectivity index (χ4v) is 2.95.